The third-order valence-corrected chi connectivity index (χ3v) is 5.36. The van der Waals surface area contributed by atoms with Gasteiger partial charge in [0.25, 0.3) is 11.8 Å². The molecular formula is C22H23N5O4. The molecule has 1 N–H and O–H groups in total. The number of rotatable bonds is 6. The van der Waals surface area contributed by atoms with E-state index in [2.05, 4.69) is 15.7 Å². The summed E-state index contributed by atoms with van der Waals surface area (Å²) < 4.78 is 5.40. The maximum atomic E-state index is 13.0. The van der Waals surface area contributed by atoms with Crippen molar-refractivity contribution in [3.63, 3.8) is 0 Å². The summed E-state index contributed by atoms with van der Waals surface area (Å²) in [4.78, 5) is 39.4. The molecule has 9 nitrogen and oxygen atoms in total. The van der Waals surface area contributed by atoms with E-state index in [1.165, 1.54) is 5.01 Å². The summed E-state index contributed by atoms with van der Waals surface area (Å²) in [5, 5.41) is 11.9. The van der Waals surface area contributed by atoms with E-state index < -0.39 is 23.9 Å². The van der Waals surface area contributed by atoms with Crippen molar-refractivity contribution in [2.75, 3.05) is 23.4 Å². The first-order chi connectivity index (χ1) is 14.9. The number of hydrogen-bond acceptors (Lipinski definition) is 7. The molecule has 0 spiro atoms. The Bertz CT molecular complexity index is 1070. The smallest absolute Gasteiger partial charge is 0.263 e. The molecule has 1 saturated heterocycles. The van der Waals surface area contributed by atoms with Gasteiger partial charge in [-0.25, -0.2) is 4.90 Å². The van der Waals surface area contributed by atoms with Gasteiger partial charge < -0.3 is 10.1 Å². The Hall–Kier alpha value is -3.75. The average molecular weight is 421 g/mol. The SMILES string of the molecule is CCOc1ccc(N2C(=O)[C@H]3N=NN(CC(=O)Nc4ccc(C)c(C)c4)[C@@H]3C2=O)cc1. The standard InChI is InChI=1S/C22H23N5O4/c1-4-31-17-9-7-16(8-10-17)27-21(29)19-20(22(27)30)26(25-24-19)12-18(28)23-15-6-5-13(2)14(3)11-15/h5-11,19-20H,4,12H2,1-3H3,(H,23,28)/t19-,20-/m0/s1. The van der Waals surface area contributed by atoms with Crippen molar-refractivity contribution >= 4 is 29.1 Å². The molecule has 4 rings (SSSR count). The average Bonchev–Trinajstić information content (AvgIpc) is 3.25. The molecule has 0 unspecified atom stereocenters. The topological polar surface area (TPSA) is 104 Å². The molecule has 0 aliphatic carbocycles. The van der Waals surface area contributed by atoms with Crippen LogP contribution in [-0.2, 0) is 14.4 Å². The highest BCUT2D eigenvalue weighted by Crippen LogP contribution is 2.32. The first kappa shape index (κ1) is 20.5. The maximum absolute atomic E-state index is 13.0. The number of ether oxygens (including phenoxy) is 1. The van der Waals surface area contributed by atoms with Crippen LogP contribution in [0, 0.1) is 13.8 Å². The molecule has 9 heteroatoms. The molecule has 0 saturated carbocycles. The third-order valence-electron chi connectivity index (χ3n) is 5.36. The van der Waals surface area contributed by atoms with Crippen molar-refractivity contribution in [1.82, 2.24) is 5.01 Å². The molecular weight excluding hydrogens is 398 g/mol. The molecule has 2 atom stereocenters. The van der Waals surface area contributed by atoms with Gasteiger partial charge in [-0.05, 0) is 68.3 Å². The number of imide groups is 1. The summed E-state index contributed by atoms with van der Waals surface area (Å²) in [5.41, 5.74) is 3.27. The van der Waals surface area contributed by atoms with Gasteiger partial charge >= 0.3 is 0 Å². The lowest BCUT2D eigenvalue weighted by atomic mass is 10.1. The summed E-state index contributed by atoms with van der Waals surface area (Å²) in [6, 6.07) is 10.4. The lowest BCUT2D eigenvalue weighted by Crippen LogP contribution is -2.43. The molecule has 0 aromatic heterocycles. The Labute approximate surface area is 179 Å². The number of aryl methyl sites for hydroxylation is 2. The van der Waals surface area contributed by atoms with Crippen molar-refractivity contribution in [3.05, 3.63) is 53.6 Å². The predicted octanol–water partition coefficient (Wildman–Crippen LogP) is 2.63. The second kappa shape index (κ2) is 8.17. The zero-order valence-electron chi connectivity index (χ0n) is 17.5. The van der Waals surface area contributed by atoms with Crippen LogP contribution in [0.5, 0.6) is 5.75 Å². The van der Waals surface area contributed by atoms with E-state index in [0.717, 1.165) is 16.0 Å². The second-order valence-corrected chi connectivity index (χ2v) is 7.48. The normalized spacial score (nSPS) is 19.7. The first-order valence-corrected chi connectivity index (χ1v) is 10.0. The molecule has 0 bridgehead atoms. The number of nitrogens with zero attached hydrogens (tertiary/aromatic N) is 4. The van der Waals surface area contributed by atoms with Gasteiger partial charge in [0, 0.05) is 5.69 Å². The van der Waals surface area contributed by atoms with Crippen molar-refractivity contribution in [2.24, 2.45) is 10.3 Å². The van der Waals surface area contributed by atoms with Gasteiger partial charge in [0.2, 0.25) is 5.91 Å². The van der Waals surface area contributed by atoms with E-state index >= 15 is 0 Å². The third kappa shape index (κ3) is 3.86. The first-order valence-electron chi connectivity index (χ1n) is 10.0. The van der Waals surface area contributed by atoms with Crippen molar-refractivity contribution in [1.29, 1.82) is 0 Å². The molecule has 2 aromatic carbocycles. The van der Waals surface area contributed by atoms with Crippen molar-refractivity contribution < 1.29 is 19.1 Å². The largest absolute Gasteiger partial charge is 0.494 e. The van der Waals surface area contributed by atoms with Gasteiger partial charge in [-0.2, -0.15) is 5.11 Å². The van der Waals surface area contributed by atoms with Gasteiger partial charge in [-0.15, -0.1) is 0 Å². The Morgan fingerprint density at radius 2 is 1.81 bits per heavy atom. The summed E-state index contributed by atoms with van der Waals surface area (Å²) >= 11 is 0. The fourth-order valence-electron chi connectivity index (χ4n) is 3.63. The second-order valence-electron chi connectivity index (χ2n) is 7.48. The number of amides is 3. The highest BCUT2D eigenvalue weighted by Gasteiger charge is 2.55. The summed E-state index contributed by atoms with van der Waals surface area (Å²) in [6.45, 7) is 6.16. The number of benzene rings is 2. The molecule has 0 radical (unpaired) electrons. The minimum Gasteiger partial charge on any atom is -0.494 e. The minimum absolute atomic E-state index is 0.187. The fourth-order valence-corrected chi connectivity index (χ4v) is 3.63. The Balaban J connectivity index is 1.46. The highest BCUT2D eigenvalue weighted by molar-refractivity contribution is 6.25. The van der Waals surface area contributed by atoms with Crippen LogP contribution < -0.4 is 15.0 Å². The van der Waals surface area contributed by atoms with Crippen LogP contribution in [0.25, 0.3) is 0 Å². The van der Waals surface area contributed by atoms with Crippen LogP contribution >= 0.6 is 0 Å². The Morgan fingerprint density at radius 1 is 1.06 bits per heavy atom. The number of carbonyl (C=O) groups is 3. The molecule has 31 heavy (non-hydrogen) atoms. The molecule has 2 heterocycles. The van der Waals surface area contributed by atoms with Crippen LogP contribution in [-0.4, -0.2) is 48.0 Å². The Kier molecular flexibility index (Phi) is 5.41. The van der Waals surface area contributed by atoms with Crippen LogP contribution in [0.1, 0.15) is 18.1 Å². The molecule has 160 valence electrons. The fraction of sp³-hybridized carbons (Fsp3) is 0.318. The quantitative estimate of drug-likeness (QED) is 0.722. The zero-order valence-corrected chi connectivity index (χ0v) is 17.5. The number of hydrogen-bond donors (Lipinski definition) is 1. The van der Waals surface area contributed by atoms with Crippen LogP contribution in [0.15, 0.2) is 52.8 Å². The van der Waals surface area contributed by atoms with Gasteiger partial charge in [0.15, 0.2) is 12.1 Å². The minimum atomic E-state index is -0.950. The molecule has 2 aromatic rings. The number of nitrogens with one attached hydrogen (secondary N) is 1. The van der Waals surface area contributed by atoms with Gasteiger partial charge in [0.05, 0.1) is 12.3 Å². The van der Waals surface area contributed by atoms with E-state index in [1.54, 1.807) is 24.3 Å². The van der Waals surface area contributed by atoms with Gasteiger partial charge in [-0.1, -0.05) is 11.3 Å². The van der Waals surface area contributed by atoms with Gasteiger partial charge in [-0.3, -0.25) is 19.4 Å². The highest BCUT2D eigenvalue weighted by atomic mass is 16.5. The molecule has 2 aliphatic heterocycles. The monoisotopic (exact) mass is 421 g/mol. The molecule has 2 aliphatic rings. The van der Waals surface area contributed by atoms with Gasteiger partial charge in [0.1, 0.15) is 12.3 Å². The summed E-state index contributed by atoms with van der Waals surface area (Å²) in [5.74, 6) is -0.611. The predicted molar refractivity (Wildman–Crippen MR) is 114 cm³/mol. The van der Waals surface area contributed by atoms with E-state index in [4.69, 9.17) is 4.74 Å². The number of fused-ring (bicyclic) bond motifs is 1. The lowest BCUT2D eigenvalue weighted by molar-refractivity contribution is -0.123. The van der Waals surface area contributed by atoms with E-state index in [0.29, 0.717) is 23.7 Å². The van der Waals surface area contributed by atoms with Crippen LogP contribution in [0.4, 0.5) is 11.4 Å². The number of carbonyl (C=O) groups excluding carboxylic acids is 3. The van der Waals surface area contributed by atoms with Crippen molar-refractivity contribution in [2.45, 2.75) is 32.9 Å². The zero-order chi connectivity index (χ0) is 22.1. The molecule has 3 amide bonds. The Morgan fingerprint density at radius 3 is 2.48 bits per heavy atom. The van der Waals surface area contributed by atoms with Crippen LogP contribution in [0.2, 0.25) is 0 Å². The lowest BCUT2D eigenvalue weighted by Gasteiger charge is -2.20. The van der Waals surface area contributed by atoms with Crippen LogP contribution in [0.3, 0.4) is 0 Å². The van der Waals surface area contributed by atoms with E-state index in [-0.39, 0.29) is 12.5 Å². The van der Waals surface area contributed by atoms with Crippen molar-refractivity contribution in [3.8, 4) is 5.75 Å². The molecule has 1 fully saturated rings. The summed E-state index contributed by atoms with van der Waals surface area (Å²) in [6.07, 6.45) is 0. The maximum Gasteiger partial charge on any atom is 0.263 e. The van der Waals surface area contributed by atoms with E-state index in [9.17, 15) is 14.4 Å². The summed E-state index contributed by atoms with van der Waals surface area (Å²) in [7, 11) is 0. The number of anilines is 2. The van der Waals surface area contributed by atoms with E-state index in [1.807, 2.05) is 39.0 Å².